The van der Waals surface area contributed by atoms with Gasteiger partial charge in [0.1, 0.15) is 0 Å². The Hall–Kier alpha value is -0.870. The summed E-state index contributed by atoms with van der Waals surface area (Å²) in [4.78, 5) is 18.7. The van der Waals surface area contributed by atoms with Gasteiger partial charge in [0, 0.05) is 31.1 Å². The lowest BCUT2D eigenvalue weighted by Crippen LogP contribution is -2.40. The lowest BCUT2D eigenvalue weighted by molar-refractivity contribution is -0.136. The zero-order valence-corrected chi connectivity index (χ0v) is 13.3. The Bertz CT molecular complexity index is 483. The second-order valence-electron chi connectivity index (χ2n) is 6.52. The van der Waals surface area contributed by atoms with Crippen molar-refractivity contribution in [2.24, 2.45) is 11.8 Å². The molecule has 1 aromatic heterocycles. The average Bonchev–Trinajstić information content (AvgIpc) is 3.04. The SMILES string of the molecule is CC(C)CN1CCC(C(=O)N2CCc3sccc3C2)C1. The molecule has 1 aromatic rings. The Morgan fingerprint density at radius 3 is 3.10 bits per heavy atom. The number of carbonyl (C=O) groups excluding carboxylic acids is 1. The van der Waals surface area contributed by atoms with E-state index in [1.54, 1.807) is 0 Å². The minimum Gasteiger partial charge on any atom is -0.338 e. The second-order valence-corrected chi connectivity index (χ2v) is 7.52. The van der Waals surface area contributed by atoms with E-state index in [9.17, 15) is 4.79 Å². The molecule has 0 N–H and O–H groups in total. The van der Waals surface area contributed by atoms with E-state index in [1.807, 2.05) is 11.3 Å². The highest BCUT2D eigenvalue weighted by molar-refractivity contribution is 7.10. The summed E-state index contributed by atoms with van der Waals surface area (Å²) in [6.07, 6.45) is 2.08. The van der Waals surface area contributed by atoms with Crippen LogP contribution in [0.25, 0.3) is 0 Å². The fraction of sp³-hybridized carbons (Fsp3) is 0.688. The molecule has 0 spiro atoms. The van der Waals surface area contributed by atoms with Crippen LogP contribution in [0.15, 0.2) is 11.4 Å². The van der Waals surface area contributed by atoms with E-state index in [1.165, 1.54) is 10.4 Å². The van der Waals surface area contributed by atoms with Crippen LogP contribution in [0.3, 0.4) is 0 Å². The molecule has 3 nitrogen and oxygen atoms in total. The summed E-state index contributed by atoms with van der Waals surface area (Å²) in [5.74, 6) is 1.30. The van der Waals surface area contributed by atoms with Crippen LogP contribution in [-0.4, -0.2) is 41.9 Å². The summed E-state index contributed by atoms with van der Waals surface area (Å²) in [7, 11) is 0. The molecular formula is C16H24N2OS. The topological polar surface area (TPSA) is 23.6 Å². The van der Waals surface area contributed by atoms with Gasteiger partial charge in [0.15, 0.2) is 0 Å². The molecular weight excluding hydrogens is 268 g/mol. The van der Waals surface area contributed by atoms with E-state index in [4.69, 9.17) is 0 Å². The molecule has 3 heterocycles. The first-order valence-electron chi connectivity index (χ1n) is 7.70. The van der Waals surface area contributed by atoms with Crippen molar-refractivity contribution in [3.63, 3.8) is 0 Å². The van der Waals surface area contributed by atoms with Gasteiger partial charge in [-0.25, -0.2) is 0 Å². The average molecular weight is 292 g/mol. The van der Waals surface area contributed by atoms with Crippen molar-refractivity contribution in [3.05, 3.63) is 21.9 Å². The molecule has 1 amide bonds. The molecule has 0 aromatic carbocycles. The molecule has 1 fully saturated rings. The molecule has 0 bridgehead atoms. The molecule has 20 heavy (non-hydrogen) atoms. The third-order valence-electron chi connectivity index (χ3n) is 4.36. The van der Waals surface area contributed by atoms with Crippen molar-refractivity contribution in [2.75, 3.05) is 26.2 Å². The van der Waals surface area contributed by atoms with Crippen LogP contribution in [0.2, 0.25) is 0 Å². The lowest BCUT2D eigenvalue weighted by atomic mass is 10.0. The molecule has 110 valence electrons. The number of carbonyl (C=O) groups is 1. The smallest absolute Gasteiger partial charge is 0.227 e. The highest BCUT2D eigenvalue weighted by Crippen LogP contribution is 2.27. The minimum absolute atomic E-state index is 0.230. The van der Waals surface area contributed by atoms with E-state index in [-0.39, 0.29) is 5.92 Å². The van der Waals surface area contributed by atoms with E-state index in [0.29, 0.717) is 11.8 Å². The van der Waals surface area contributed by atoms with Crippen LogP contribution < -0.4 is 0 Å². The molecule has 1 saturated heterocycles. The predicted octanol–water partition coefficient (Wildman–Crippen LogP) is 2.61. The van der Waals surface area contributed by atoms with Gasteiger partial charge in [0.2, 0.25) is 5.91 Å². The summed E-state index contributed by atoms with van der Waals surface area (Å²) in [5.41, 5.74) is 1.37. The van der Waals surface area contributed by atoms with Gasteiger partial charge in [-0.3, -0.25) is 4.79 Å². The maximum absolute atomic E-state index is 12.7. The maximum Gasteiger partial charge on any atom is 0.227 e. The van der Waals surface area contributed by atoms with Gasteiger partial charge in [-0.1, -0.05) is 13.8 Å². The Kier molecular flexibility index (Phi) is 4.13. The number of likely N-dealkylation sites (tertiary alicyclic amines) is 1. The highest BCUT2D eigenvalue weighted by Gasteiger charge is 2.32. The summed E-state index contributed by atoms with van der Waals surface area (Å²) < 4.78 is 0. The van der Waals surface area contributed by atoms with Crippen molar-refractivity contribution in [1.29, 1.82) is 0 Å². The van der Waals surface area contributed by atoms with E-state index >= 15 is 0 Å². The molecule has 4 heteroatoms. The quantitative estimate of drug-likeness (QED) is 0.855. The molecule has 0 saturated carbocycles. The van der Waals surface area contributed by atoms with Gasteiger partial charge < -0.3 is 9.80 Å². The normalized spacial score (nSPS) is 23.4. The van der Waals surface area contributed by atoms with E-state index in [2.05, 4.69) is 35.1 Å². The summed E-state index contributed by atoms with van der Waals surface area (Å²) >= 11 is 1.83. The number of rotatable bonds is 3. The van der Waals surface area contributed by atoms with Crippen LogP contribution in [0, 0.1) is 11.8 Å². The molecule has 0 aliphatic carbocycles. The molecule has 3 rings (SSSR count). The Labute approximate surface area is 125 Å². The molecule has 2 aliphatic rings. The van der Waals surface area contributed by atoms with Crippen molar-refractivity contribution < 1.29 is 4.79 Å². The van der Waals surface area contributed by atoms with Gasteiger partial charge in [0.25, 0.3) is 0 Å². The van der Waals surface area contributed by atoms with Crippen LogP contribution >= 0.6 is 11.3 Å². The lowest BCUT2D eigenvalue weighted by Gasteiger charge is -2.29. The zero-order chi connectivity index (χ0) is 14.1. The van der Waals surface area contributed by atoms with Gasteiger partial charge >= 0.3 is 0 Å². The van der Waals surface area contributed by atoms with Crippen molar-refractivity contribution in [3.8, 4) is 0 Å². The molecule has 0 radical (unpaired) electrons. The Morgan fingerprint density at radius 1 is 1.45 bits per heavy atom. The standard InChI is InChI=1S/C16H24N2OS/c1-12(2)9-17-6-3-14(10-17)16(19)18-7-4-15-13(11-18)5-8-20-15/h5,8,12,14H,3-4,6-7,9-11H2,1-2H3. The molecule has 2 aliphatic heterocycles. The summed E-state index contributed by atoms with van der Waals surface area (Å²) in [6, 6.07) is 2.18. The van der Waals surface area contributed by atoms with Crippen LogP contribution in [-0.2, 0) is 17.8 Å². The fourth-order valence-electron chi connectivity index (χ4n) is 3.41. The number of amides is 1. The number of fused-ring (bicyclic) bond motifs is 1. The van der Waals surface area contributed by atoms with Gasteiger partial charge in [-0.05, 0) is 42.3 Å². The second kappa shape index (κ2) is 5.86. The van der Waals surface area contributed by atoms with Crippen LogP contribution in [0.1, 0.15) is 30.7 Å². The van der Waals surface area contributed by atoms with Crippen molar-refractivity contribution in [1.82, 2.24) is 9.80 Å². The van der Waals surface area contributed by atoms with Gasteiger partial charge in [0.05, 0.1) is 5.92 Å². The zero-order valence-electron chi connectivity index (χ0n) is 12.5. The predicted molar refractivity (Wildman–Crippen MR) is 82.8 cm³/mol. The Morgan fingerprint density at radius 2 is 2.30 bits per heavy atom. The number of thiophene rings is 1. The largest absolute Gasteiger partial charge is 0.338 e. The van der Waals surface area contributed by atoms with Crippen LogP contribution in [0.5, 0.6) is 0 Å². The molecule has 1 unspecified atom stereocenters. The number of nitrogens with zero attached hydrogens (tertiary/aromatic N) is 2. The van der Waals surface area contributed by atoms with Crippen molar-refractivity contribution in [2.45, 2.75) is 33.2 Å². The van der Waals surface area contributed by atoms with E-state index in [0.717, 1.165) is 45.6 Å². The number of hydrogen-bond acceptors (Lipinski definition) is 3. The number of hydrogen-bond donors (Lipinski definition) is 0. The van der Waals surface area contributed by atoms with Crippen LogP contribution in [0.4, 0.5) is 0 Å². The Balaban J connectivity index is 1.58. The highest BCUT2D eigenvalue weighted by atomic mass is 32.1. The minimum atomic E-state index is 0.230. The third kappa shape index (κ3) is 2.91. The fourth-order valence-corrected chi connectivity index (χ4v) is 4.30. The third-order valence-corrected chi connectivity index (χ3v) is 5.39. The van der Waals surface area contributed by atoms with Gasteiger partial charge in [-0.2, -0.15) is 0 Å². The summed E-state index contributed by atoms with van der Waals surface area (Å²) in [6.45, 7) is 9.41. The van der Waals surface area contributed by atoms with E-state index < -0.39 is 0 Å². The monoisotopic (exact) mass is 292 g/mol. The van der Waals surface area contributed by atoms with Gasteiger partial charge in [-0.15, -0.1) is 11.3 Å². The van der Waals surface area contributed by atoms with Crippen molar-refractivity contribution >= 4 is 17.2 Å². The maximum atomic E-state index is 12.7. The summed E-state index contributed by atoms with van der Waals surface area (Å²) in [5, 5.41) is 2.15. The molecule has 1 atom stereocenters. The first kappa shape index (κ1) is 14.1. The first-order chi connectivity index (χ1) is 9.63. The first-order valence-corrected chi connectivity index (χ1v) is 8.58.